The third-order valence-electron chi connectivity index (χ3n) is 2.32. The predicted octanol–water partition coefficient (Wildman–Crippen LogP) is 3.95. The predicted molar refractivity (Wildman–Crippen MR) is 71.7 cm³/mol. The van der Waals surface area contributed by atoms with Crippen LogP contribution in [-0.4, -0.2) is 6.66 Å². The zero-order valence-corrected chi connectivity index (χ0v) is 11.0. The Morgan fingerprint density at radius 2 is 1.59 bits per heavy atom. The van der Waals surface area contributed by atoms with Crippen LogP contribution in [0.25, 0.3) is 0 Å². The summed E-state index contributed by atoms with van der Waals surface area (Å²) in [4.78, 5) is 0. The largest absolute Gasteiger partial charge is 0.440 e. The first-order valence-corrected chi connectivity index (χ1v) is 7.61. The fourth-order valence-electron chi connectivity index (χ4n) is 1.45. The van der Waals surface area contributed by atoms with Gasteiger partial charge in [-0.3, -0.25) is 4.57 Å². The standard InChI is InChI=1S/C13H12ClO2P/c1-17(15,13-5-3-2-4-6-13)16-12-9-7-11(14)8-10-12/h2-10H,1H3. The molecule has 0 fully saturated rings. The summed E-state index contributed by atoms with van der Waals surface area (Å²) in [5.41, 5.74) is 0. The molecule has 0 radical (unpaired) electrons. The molecule has 0 saturated carbocycles. The van der Waals surface area contributed by atoms with E-state index in [0.717, 1.165) is 0 Å². The average Bonchev–Trinajstić information content (AvgIpc) is 2.33. The molecule has 1 unspecified atom stereocenters. The van der Waals surface area contributed by atoms with E-state index in [-0.39, 0.29) is 0 Å². The normalized spacial score (nSPS) is 14.0. The molecule has 0 spiro atoms. The number of halogens is 1. The maximum absolute atomic E-state index is 12.4. The highest BCUT2D eigenvalue weighted by Gasteiger charge is 2.19. The van der Waals surface area contributed by atoms with Crippen LogP contribution in [0.5, 0.6) is 5.75 Å². The average molecular weight is 267 g/mol. The van der Waals surface area contributed by atoms with Crippen LogP contribution in [0.1, 0.15) is 0 Å². The Labute approximate surface area is 106 Å². The zero-order chi connectivity index (χ0) is 12.3. The third-order valence-corrected chi connectivity index (χ3v) is 4.37. The van der Waals surface area contributed by atoms with Crippen LogP contribution in [0.2, 0.25) is 5.02 Å². The molecule has 2 nitrogen and oxygen atoms in total. The topological polar surface area (TPSA) is 26.3 Å². The highest BCUT2D eigenvalue weighted by Crippen LogP contribution is 2.42. The molecule has 0 aromatic heterocycles. The van der Waals surface area contributed by atoms with Crippen LogP contribution < -0.4 is 9.83 Å². The molecule has 1 atom stereocenters. The van der Waals surface area contributed by atoms with Crippen molar-refractivity contribution in [1.82, 2.24) is 0 Å². The molecule has 0 bridgehead atoms. The smallest absolute Gasteiger partial charge is 0.274 e. The van der Waals surface area contributed by atoms with Crippen molar-refractivity contribution in [2.75, 3.05) is 6.66 Å². The second kappa shape index (κ2) is 4.95. The van der Waals surface area contributed by atoms with Gasteiger partial charge >= 0.3 is 0 Å². The van der Waals surface area contributed by atoms with Gasteiger partial charge in [0.2, 0.25) is 0 Å². The van der Waals surface area contributed by atoms with Crippen molar-refractivity contribution in [3.8, 4) is 5.75 Å². The third kappa shape index (κ3) is 3.12. The van der Waals surface area contributed by atoms with Gasteiger partial charge in [-0.25, -0.2) is 0 Å². The van der Waals surface area contributed by atoms with Crippen LogP contribution in [-0.2, 0) is 4.57 Å². The van der Waals surface area contributed by atoms with Crippen molar-refractivity contribution in [2.24, 2.45) is 0 Å². The van der Waals surface area contributed by atoms with E-state index in [1.807, 2.05) is 18.2 Å². The van der Waals surface area contributed by atoms with Crippen molar-refractivity contribution in [2.45, 2.75) is 0 Å². The van der Waals surface area contributed by atoms with Gasteiger partial charge < -0.3 is 4.52 Å². The molecule has 0 aliphatic carbocycles. The van der Waals surface area contributed by atoms with E-state index in [1.165, 1.54) is 0 Å². The monoisotopic (exact) mass is 266 g/mol. The van der Waals surface area contributed by atoms with E-state index >= 15 is 0 Å². The molecule has 88 valence electrons. The Kier molecular flexibility index (Phi) is 3.56. The quantitative estimate of drug-likeness (QED) is 0.786. The van der Waals surface area contributed by atoms with Gasteiger partial charge in [-0.15, -0.1) is 0 Å². The van der Waals surface area contributed by atoms with E-state index in [9.17, 15) is 4.57 Å². The maximum atomic E-state index is 12.4. The van der Waals surface area contributed by atoms with Crippen molar-refractivity contribution in [3.63, 3.8) is 0 Å². The lowest BCUT2D eigenvalue weighted by Gasteiger charge is -2.15. The van der Waals surface area contributed by atoms with Crippen LogP contribution in [0.3, 0.4) is 0 Å². The molecule has 0 saturated heterocycles. The first-order chi connectivity index (χ1) is 8.08. The highest BCUT2D eigenvalue weighted by molar-refractivity contribution is 7.66. The van der Waals surface area contributed by atoms with Crippen molar-refractivity contribution in [1.29, 1.82) is 0 Å². The van der Waals surface area contributed by atoms with Crippen molar-refractivity contribution in [3.05, 3.63) is 59.6 Å². The molecule has 0 aliphatic heterocycles. The van der Waals surface area contributed by atoms with Crippen LogP contribution in [0.15, 0.2) is 54.6 Å². The fraction of sp³-hybridized carbons (Fsp3) is 0.0769. The summed E-state index contributed by atoms with van der Waals surface area (Å²) in [6, 6.07) is 16.0. The minimum absolute atomic E-state index is 0.559. The molecule has 17 heavy (non-hydrogen) atoms. The summed E-state index contributed by atoms with van der Waals surface area (Å²) in [5.74, 6) is 0.559. The first kappa shape index (κ1) is 12.2. The van der Waals surface area contributed by atoms with Crippen molar-refractivity contribution < 1.29 is 9.09 Å². The molecule has 2 aromatic carbocycles. The van der Waals surface area contributed by atoms with Crippen LogP contribution in [0.4, 0.5) is 0 Å². The zero-order valence-electron chi connectivity index (χ0n) is 9.34. The van der Waals surface area contributed by atoms with E-state index in [1.54, 1.807) is 43.1 Å². The number of benzene rings is 2. The lowest BCUT2D eigenvalue weighted by Crippen LogP contribution is -2.07. The summed E-state index contributed by atoms with van der Waals surface area (Å²) < 4.78 is 18.0. The van der Waals surface area contributed by atoms with E-state index in [2.05, 4.69) is 0 Å². The number of hydrogen-bond donors (Lipinski definition) is 0. The van der Waals surface area contributed by atoms with Gasteiger partial charge in [-0.2, -0.15) is 0 Å². The lowest BCUT2D eigenvalue weighted by molar-refractivity contribution is 0.498. The van der Waals surface area contributed by atoms with Gasteiger partial charge in [0.1, 0.15) is 5.75 Å². The van der Waals surface area contributed by atoms with E-state index in [4.69, 9.17) is 16.1 Å². The molecular formula is C13H12ClO2P. The van der Waals surface area contributed by atoms with Gasteiger partial charge in [0.05, 0.1) is 0 Å². The van der Waals surface area contributed by atoms with E-state index < -0.39 is 7.37 Å². The molecule has 2 aromatic rings. The summed E-state index contributed by atoms with van der Waals surface area (Å²) in [7, 11) is -2.82. The highest BCUT2D eigenvalue weighted by atomic mass is 35.5. The summed E-state index contributed by atoms with van der Waals surface area (Å²) >= 11 is 5.78. The van der Waals surface area contributed by atoms with Gasteiger partial charge in [-0.1, -0.05) is 29.8 Å². The first-order valence-electron chi connectivity index (χ1n) is 5.16. The maximum Gasteiger partial charge on any atom is 0.274 e. The Hall–Kier alpha value is -1.24. The molecular weight excluding hydrogens is 255 g/mol. The second-order valence-corrected chi connectivity index (χ2v) is 6.55. The molecule has 0 heterocycles. The van der Waals surface area contributed by atoms with Crippen LogP contribution >= 0.6 is 19.0 Å². The summed E-state index contributed by atoms with van der Waals surface area (Å²) in [5, 5.41) is 1.33. The molecule has 4 heteroatoms. The SMILES string of the molecule is CP(=O)(Oc1ccc(Cl)cc1)c1ccccc1. The molecule has 0 aliphatic rings. The molecule has 2 rings (SSSR count). The Morgan fingerprint density at radius 1 is 1.00 bits per heavy atom. The van der Waals surface area contributed by atoms with Gasteiger partial charge in [0, 0.05) is 17.0 Å². The second-order valence-electron chi connectivity index (χ2n) is 3.73. The van der Waals surface area contributed by atoms with Gasteiger partial charge in [-0.05, 0) is 36.4 Å². The fourth-order valence-corrected chi connectivity index (χ4v) is 2.92. The van der Waals surface area contributed by atoms with E-state index in [0.29, 0.717) is 16.1 Å². The minimum Gasteiger partial charge on any atom is -0.440 e. The number of rotatable bonds is 3. The Morgan fingerprint density at radius 3 is 2.18 bits per heavy atom. The molecule has 0 amide bonds. The Balaban J connectivity index is 2.23. The Bertz CT molecular complexity index is 537. The summed E-state index contributed by atoms with van der Waals surface area (Å²) in [6.07, 6.45) is 0. The van der Waals surface area contributed by atoms with Gasteiger partial charge in [0.25, 0.3) is 7.37 Å². The minimum atomic E-state index is -2.82. The van der Waals surface area contributed by atoms with Crippen molar-refractivity contribution >= 4 is 24.3 Å². The van der Waals surface area contributed by atoms with Gasteiger partial charge in [0.15, 0.2) is 0 Å². The lowest BCUT2D eigenvalue weighted by atomic mass is 10.3. The van der Waals surface area contributed by atoms with Crippen LogP contribution in [0, 0.1) is 0 Å². The summed E-state index contributed by atoms with van der Waals surface area (Å²) in [6.45, 7) is 1.61. The number of hydrogen-bond acceptors (Lipinski definition) is 2. The molecule has 0 N–H and O–H groups in total.